The monoisotopic (exact) mass is 266 g/mol. The number of nitrogens with one attached hydrogen (secondary N) is 2. The molecule has 1 saturated carbocycles. The van der Waals surface area contributed by atoms with Gasteiger partial charge in [-0.3, -0.25) is 0 Å². The largest absolute Gasteiger partial charge is 0.333 e. The van der Waals surface area contributed by atoms with Gasteiger partial charge in [-0.05, 0) is 44.4 Å². The highest BCUT2D eigenvalue weighted by atomic mass is 16.2. The van der Waals surface area contributed by atoms with Crippen LogP contribution in [-0.4, -0.2) is 11.6 Å². The zero-order valence-corrected chi connectivity index (χ0v) is 13.2. The fourth-order valence-corrected chi connectivity index (χ4v) is 3.12. The van der Waals surface area contributed by atoms with Crippen LogP contribution < -0.4 is 10.6 Å². The summed E-state index contributed by atoms with van der Waals surface area (Å²) >= 11 is 0. The van der Waals surface area contributed by atoms with Crippen molar-refractivity contribution in [3.63, 3.8) is 0 Å². The Labute approximate surface area is 118 Å². The van der Waals surface area contributed by atoms with Gasteiger partial charge in [-0.25, -0.2) is 4.79 Å². The number of rotatable bonds is 4. The highest BCUT2D eigenvalue weighted by molar-refractivity contribution is 5.75. The van der Waals surface area contributed by atoms with Crippen LogP contribution in [0.4, 0.5) is 4.79 Å². The van der Waals surface area contributed by atoms with Crippen molar-refractivity contribution >= 4 is 6.03 Å². The van der Waals surface area contributed by atoms with E-state index in [1.54, 1.807) is 6.20 Å². The summed E-state index contributed by atoms with van der Waals surface area (Å²) in [4.78, 5) is 11.8. The number of urea groups is 1. The van der Waals surface area contributed by atoms with Gasteiger partial charge in [-0.1, -0.05) is 39.7 Å². The summed E-state index contributed by atoms with van der Waals surface area (Å²) in [6.07, 6.45) is 10.0. The lowest BCUT2D eigenvalue weighted by molar-refractivity contribution is 0.213. The minimum absolute atomic E-state index is 0.108. The highest BCUT2D eigenvalue weighted by Gasteiger charge is 2.26. The van der Waals surface area contributed by atoms with Crippen LogP contribution in [0.2, 0.25) is 0 Å². The normalized spacial score (nSPS) is 17.9. The number of carbonyl (C=O) groups excluding carboxylic acids is 1. The fourth-order valence-electron chi connectivity index (χ4n) is 3.12. The average Bonchev–Trinajstić information content (AvgIpc) is 2.64. The predicted octanol–water partition coefficient (Wildman–Crippen LogP) is 4.20. The molecule has 0 saturated heterocycles. The van der Waals surface area contributed by atoms with E-state index in [9.17, 15) is 4.79 Å². The molecule has 1 aliphatic rings. The predicted molar refractivity (Wildman–Crippen MR) is 80.9 cm³/mol. The van der Waals surface area contributed by atoms with Gasteiger partial charge in [0.25, 0.3) is 0 Å². The Balaban J connectivity index is 2.33. The summed E-state index contributed by atoms with van der Waals surface area (Å²) in [7, 11) is 0. The molecule has 0 atom stereocenters. The van der Waals surface area contributed by atoms with Crippen molar-refractivity contribution in [2.75, 3.05) is 0 Å². The lowest BCUT2D eigenvalue weighted by Gasteiger charge is -2.33. The molecule has 19 heavy (non-hydrogen) atoms. The van der Waals surface area contributed by atoms with Crippen molar-refractivity contribution in [3.8, 4) is 0 Å². The van der Waals surface area contributed by atoms with E-state index < -0.39 is 0 Å². The Morgan fingerprint density at radius 2 is 1.74 bits per heavy atom. The van der Waals surface area contributed by atoms with Crippen molar-refractivity contribution < 1.29 is 4.79 Å². The van der Waals surface area contributed by atoms with Crippen LogP contribution in [0.25, 0.3) is 0 Å². The van der Waals surface area contributed by atoms with E-state index in [4.69, 9.17) is 0 Å². The molecule has 2 amide bonds. The zero-order valence-electron chi connectivity index (χ0n) is 13.2. The minimum Gasteiger partial charge on any atom is -0.333 e. The average molecular weight is 266 g/mol. The summed E-state index contributed by atoms with van der Waals surface area (Å²) in [5.41, 5.74) is 0.0139. The fraction of sp³-hybridized carbons (Fsp3) is 0.812. The van der Waals surface area contributed by atoms with Gasteiger partial charge in [-0.15, -0.1) is 0 Å². The van der Waals surface area contributed by atoms with Crippen molar-refractivity contribution in [2.45, 2.75) is 72.3 Å². The number of amides is 2. The number of allylic oxidation sites excluding steroid dienone is 1. The first kappa shape index (κ1) is 16.1. The van der Waals surface area contributed by atoms with Crippen LogP contribution in [0.5, 0.6) is 0 Å². The molecule has 0 spiro atoms. The lowest BCUT2D eigenvalue weighted by atomic mass is 9.82. The van der Waals surface area contributed by atoms with Gasteiger partial charge in [0.1, 0.15) is 0 Å². The van der Waals surface area contributed by atoms with Gasteiger partial charge in [0.15, 0.2) is 0 Å². The molecule has 0 heterocycles. The third kappa shape index (κ3) is 7.24. The molecule has 1 aliphatic carbocycles. The third-order valence-electron chi connectivity index (χ3n) is 3.41. The molecular weight excluding hydrogens is 236 g/mol. The summed E-state index contributed by atoms with van der Waals surface area (Å²) in [6.45, 7) is 10.7. The number of hydrogen-bond donors (Lipinski definition) is 2. The van der Waals surface area contributed by atoms with Gasteiger partial charge in [0.05, 0.1) is 0 Å². The van der Waals surface area contributed by atoms with Crippen LogP contribution in [0.15, 0.2) is 12.3 Å². The van der Waals surface area contributed by atoms with E-state index in [0.29, 0.717) is 5.92 Å². The second kappa shape index (κ2) is 6.44. The standard InChI is InChI=1S/C16H30N2O/c1-15(2,3)12-16(4,5)18-14(19)17-11-10-13-8-6-7-9-13/h10-11,13H,6-9,12H2,1-5H3,(H2,17,18,19)/b11-10+. The second-order valence-corrected chi connectivity index (χ2v) is 7.62. The molecule has 1 rings (SSSR count). The van der Waals surface area contributed by atoms with E-state index in [-0.39, 0.29) is 17.0 Å². The van der Waals surface area contributed by atoms with Gasteiger partial charge in [0, 0.05) is 11.7 Å². The van der Waals surface area contributed by atoms with E-state index in [1.165, 1.54) is 25.7 Å². The van der Waals surface area contributed by atoms with E-state index in [0.717, 1.165) is 6.42 Å². The van der Waals surface area contributed by atoms with Gasteiger partial charge >= 0.3 is 6.03 Å². The summed E-state index contributed by atoms with van der Waals surface area (Å²) in [6, 6.07) is -0.108. The topological polar surface area (TPSA) is 41.1 Å². The molecule has 0 unspecified atom stereocenters. The van der Waals surface area contributed by atoms with Crippen molar-refractivity contribution in [1.82, 2.24) is 10.6 Å². The van der Waals surface area contributed by atoms with Crippen molar-refractivity contribution in [3.05, 3.63) is 12.3 Å². The molecule has 0 aromatic rings. The molecule has 0 aromatic heterocycles. The van der Waals surface area contributed by atoms with Crippen LogP contribution in [0.1, 0.15) is 66.7 Å². The maximum absolute atomic E-state index is 11.8. The SMILES string of the molecule is CC(C)(C)CC(C)(C)NC(=O)N/C=C/C1CCCC1. The van der Waals surface area contributed by atoms with Crippen LogP contribution in [0, 0.1) is 11.3 Å². The van der Waals surface area contributed by atoms with Crippen LogP contribution >= 0.6 is 0 Å². The first-order valence-corrected chi connectivity index (χ1v) is 7.43. The quantitative estimate of drug-likeness (QED) is 0.786. The summed E-state index contributed by atoms with van der Waals surface area (Å²) in [5, 5.41) is 5.86. The van der Waals surface area contributed by atoms with E-state index in [2.05, 4.69) is 51.3 Å². The Morgan fingerprint density at radius 3 is 2.26 bits per heavy atom. The van der Waals surface area contributed by atoms with Gasteiger partial charge in [-0.2, -0.15) is 0 Å². The molecule has 2 N–H and O–H groups in total. The first-order valence-electron chi connectivity index (χ1n) is 7.43. The minimum atomic E-state index is -0.191. The molecule has 110 valence electrons. The third-order valence-corrected chi connectivity index (χ3v) is 3.41. The molecule has 1 fully saturated rings. The van der Waals surface area contributed by atoms with Crippen molar-refractivity contribution in [2.24, 2.45) is 11.3 Å². The van der Waals surface area contributed by atoms with Crippen LogP contribution in [0.3, 0.4) is 0 Å². The van der Waals surface area contributed by atoms with E-state index in [1.807, 2.05) is 0 Å². The maximum atomic E-state index is 11.8. The Kier molecular flexibility index (Phi) is 5.45. The molecular formula is C16H30N2O. The van der Waals surface area contributed by atoms with E-state index >= 15 is 0 Å². The summed E-state index contributed by atoms with van der Waals surface area (Å²) in [5.74, 6) is 0.655. The number of carbonyl (C=O) groups is 1. The Hall–Kier alpha value is -0.990. The Morgan fingerprint density at radius 1 is 1.16 bits per heavy atom. The lowest BCUT2D eigenvalue weighted by Crippen LogP contribution is -2.48. The molecule has 3 heteroatoms. The maximum Gasteiger partial charge on any atom is 0.319 e. The smallest absolute Gasteiger partial charge is 0.319 e. The highest BCUT2D eigenvalue weighted by Crippen LogP contribution is 2.27. The zero-order chi connectivity index (χ0) is 14.5. The second-order valence-electron chi connectivity index (χ2n) is 7.62. The number of hydrogen-bond acceptors (Lipinski definition) is 1. The van der Waals surface area contributed by atoms with Crippen molar-refractivity contribution in [1.29, 1.82) is 0 Å². The molecule has 0 aliphatic heterocycles. The van der Waals surface area contributed by atoms with Gasteiger partial charge in [0.2, 0.25) is 0 Å². The first-order chi connectivity index (χ1) is 8.68. The summed E-state index contributed by atoms with van der Waals surface area (Å²) < 4.78 is 0. The molecule has 0 bridgehead atoms. The van der Waals surface area contributed by atoms with Gasteiger partial charge < -0.3 is 10.6 Å². The molecule has 0 radical (unpaired) electrons. The molecule has 3 nitrogen and oxygen atoms in total. The Bertz CT molecular complexity index is 320. The molecule has 0 aromatic carbocycles. The van der Waals surface area contributed by atoms with Crippen LogP contribution in [-0.2, 0) is 0 Å².